The minimum Gasteiger partial charge on any atom is -0.463 e. The van der Waals surface area contributed by atoms with E-state index >= 15 is 0 Å². The highest BCUT2D eigenvalue weighted by atomic mass is 16.5. The molecule has 1 N–H and O–H groups in total. The molecule has 3 amide bonds. The number of urea groups is 1. The standard InChI is InChI=1S/C32H40N4O4/c1-6-17-36-26(22-34-18-20-35(21-19-34)29(37)24-11-9-8-10-12-24)27(30(38)40-7-2)28(33-31(36)39)23-13-15-25(16-14-23)32(3,4)5/h6,8-16,28H,1,7,17-22H2,2-5H3,(H,33,39). The number of rotatable bonds is 8. The van der Waals surface area contributed by atoms with Crippen LogP contribution in [0.4, 0.5) is 4.79 Å². The maximum Gasteiger partial charge on any atom is 0.338 e. The van der Waals surface area contributed by atoms with Crippen molar-refractivity contribution >= 4 is 17.9 Å². The molecule has 40 heavy (non-hydrogen) atoms. The van der Waals surface area contributed by atoms with Crippen molar-refractivity contribution in [3.05, 3.63) is 95.2 Å². The first-order valence-electron chi connectivity index (χ1n) is 13.9. The first-order valence-corrected chi connectivity index (χ1v) is 13.9. The highest BCUT2D eigenvalue weighted by Crippen LogP contribution is 2.33. The van der Waals surface area contributed by atoms with Crippen molar-refractivity contribution in [1.82, 2.24) is 20.0 Å². The van der Waals surface area contributed by atoms with Gasteiger partial charge in [0.25, 0.3) is 5.91 Å². The van der Waals surface area contributed by atoms with Crippen LogP contribution in [-0.4, -0.2) is 78.5 Å². The van der Waals surface area contributed by atoms with Gasteiger partial charge in [0.05, 0.1) is 18.2 Å². The molecule has 2 aromatic rings. The van der Waals surface area contributed by atoms with Crippen LogP contribution in [0.2, 0.25) is 0 Å². The Morgan fingerprint density at radius 1 is 1.02 bits per heavy atom. The van der Waals surface area contributed by atoms with E-state index in [0.717, 1.165) is 11.1 Å². The number of benzene rings is 2. The lowest BCUT2D eigenvalue weighted by Crippen LogP contribution is -2.53. The zero-order valence-corrected chi connectivity index (χ0v) is 24.0. The number of carbonyl (C=O) groups excluding carboxylic acids is 3. The Morgan fingerprint density at radius 3 is 2.25 bits per heavy atom. The second kappa shape index (κ2) is 12.5. The Bertz CT molecular complexity index is 1260. The van der Waals surface area contributed by atoms with Crippen LogP contribution in [0.5, 0.6) is 0 Å². The summed E-state index contributed by atoms with van der Waals surface area (Å²) in [7, 11) is 0. The number of hydrogen-bond acceptors (Lipinski definition) is 5. The third kappa shape index (κ3) is 6.45. The van der Waals surface area contributed by atoms with E-state index in [4.69, 9.17) is 4.74 Å². The van der Waals surface area contributed by atoms with Crippen LogP contribution in [0.25, 0.3) is 0 Å². The van der Waals surface area contributed by atoms with Crippen molar-refractivity contribution in [2.24, 2.45) is 0 Å². The molecule has 4 rings (SSSR count). The maximum absolute atomic E-state index is 13.5. The quantitative estimate of drug-likeness (QED) is 0.391. The second-order valence-corrected chi connectivity index (χ2v) is 11.2. The monoisotopic (exact) mass is 544 g/mol. The van der Waals surface area contributed by atoms with E-state index in [1.807, 2.05) is 59.5 Å². The predicted molar refractivity (Wildman–Crippen MR) is 156 cm³/mol. The number of ether oxygens (including phenoxy) is 1. The van der Waals surface area contributed by atoms with E-state index in [1.54, 1.807) is 17.9 Å². The lowest BCUT2D eigenvalue weighted by molar-refractivity contribution is -0.139. The second-order valence-electron chi connectivity index (χ2n) is 11.2. The van der Waals surface area contributed by atoms with Crippen LogP contribution in [0.3, 0.4) is 0 Å². The fourth-order valence-corrected chi connectivity index (χ4v) is 5.16. The van der Waals surface area contributed by atoms with Crippen molar-refractivity contribution < 1.29 is 19.1 Å². The number of nitrogens with zero attached hydrogens (tertiary/aromatic N) is 3. The topological polar surface area (TPSA) is 82.2 Å². The number of esters is 1. The number of nitrogens with one attached hydrogen (secondary N) is 1. The van der Waals surface area contributed by atoms with Crippen molar-refractivity contribution in [3.63, 3.8) is 0 Å². The zero-order valence-electron chi connectivity index (χ0n) is 24.0. The van der Waals surface area contributed by atoms with Crippen molar-refractivity contribution in [3.8, 4) is 0 Å². The first kappa shape index (κ1) is 29.1. The van der Waals surface area contributed by atoms with Crippen LogP contribution in [0, 0.1) is 0 Å². The highest BCUT2D eigenvalue weighted by Gasteiger charge is 2.39. The SMILES string of the molecule is C=CCN1C(=O)NC(c2ccc(C(C)(C)C)cc2)C(C(=O)OCC)=C1CN1CCN(C(=O)c2ccccc2)CC1. The van der Waals surface area contributed by atoms with Gasteiger partial charge in [0, 0.05) is 50.5 Å². The normalized spacial score (nSPS) is 18.4. The molecule has 1 fully saturated rings. The number of hydrogen-bond donors (Lipinski definition) is 1. The summed E-state index contributed by atoms with van der Waals surface area (Å²) in [6, 6.07) is 16.4. The van der Waals surface area contributed by atoms with Crippen LogP contribution < -0.4 is 5.32 Å². The van der Waals surface area contributed by atoms with Gasteiger partial charge in [-0.2, -0.15) is 0 Å². The predicted octanol–water partition coefficient (Wildman–Crippen LogP) is 4.51. The smallest absolute Gasteiger partial charge is 0.338 e. The summed E-state index contributed by atoms with van der Waals surface area (Å²) in [6.45, 7) is 15.2. The van der Waals surface area contributed by atoms with Gasteiger partial charge in [-0.3, -0.25) is 14.6 Å². The summed E-state index contributed by atoms with van der Waals surface area (Å²) in [5, 5.41) is 3.03. The van der Waals surface area contributed by atoms with Crippen molar-refractivity contribution in [2.45, 2.75) is 39.2 Å². The van der Waals surface area contributed by atoms with Gasteiger partial charge in [-0.05, 0) is 35.6 Å². The first-order chi connectivity index (χ1) is 19.1. The Kier molecular flexibility index (Phi) is 9.10. The fourth-order valence-electron chi connectivity index (χ4n) is 5.16. The van der Waals surface area contributed by atoms with Gasteiger partial charge in [-0.15, -0.1) is 6.58 Å². The molecule has 1 saturated heterocycles. The van der Waals surface area contributed by atoms with Crippen molar-refractivity contribution in [1.29, 1.82) is 0 Å². The summed E-state index contributed by atoms with van der Waals surface area (Å²) in [5.74, 6) is -0.440. The average molecular weight is 545 g/mol. The zero-order chi connectivity index (χ0) is 28.9. The van der Waals surface area contributed by atoms with Gasteiger partial charge in [0.2, 0.25) is 0 Å². The fraction of sp³-hybridized carbons (Fsp3) is 0.406. The van der Waals surface area contributed by atoms with Crippen LogP contribution in [0.15, 0.2) is 78.5 Å². The summed E-state index contributed by atoms with van der Waals surface area (Å²) in [4.78, 5) is 45.4. The van der Waals surface area contributed by atoms with Gasteiger partial charge < -0.3 is 15.0 Å². The number of amides is 3. The molecule has 8 nitrogen and oxygen atoms in total. The molecule has 0 radical (unpaired) electrons. The van der Waals surface area contributed by atoms with Gasteiger partial charge in [-0.1, -0.05) is 69.3 Å². The molecule has 8 heteroatoms. The Balaban J connectivity index is 1.64. The van der Waals surface area contributed by atoms with Gasteiger partial charge >= 0.3 is 12.0 Å². The minimum absolute atomic E-state index is 0.00998. The summed E-state index contributed by atoms with van der Waals surface area (Å²) in [6.07, 6.45) is 1.65. The molecule has 0 aliphatic carbocycles. The molecule has 2 aliphatic heterocycles. The van der Waals surface area contributed by atoms with Crippen LogP contribution in [-0.2, 0) is 14.9 Å². The largest absolute Gasteiger partial charge is 0.463 e. The third-order valence-electron chi connectivity index (χ3n) is 7.41. The molecule has 1 atom stereocenters. The van der Waals surface area contributed by atoms with E-state index in [9.17, 15) is 14.4 Å². The van der Waals surface area contributed by atoms with Gasteiger partial charge in [0.15, 0.2) is 0 Å². The molecule has 2 heterocycles. The molecule has 2 aliphatic rings. The molecular formula is C32H40N4O4. The molecule has 0 spiro atoms. The Labute approximate surface area is 237 Å². The molecule has 0 saturated carbocycles. The molecule has 0 bridgehead atoms. The summed E-state index contributed by atoms with van der Waals surface area (Å²) < 4.78 is 5.52. The summed E-state index contributed by atoms with van der Waals surface area (Å²) >= 11 is 0. The van der Waals surface area contributed by atoms with E-state index in [1.165, 1.54) is 0 Å². The van der Waals surface area contributed by atoms with Crippen LogP contribution >= 0.6 is 0 Å². The Hall–Kier alpha value is -3.91. The molecular weight excluding hydrogens is 504 g/mol. The van der Waals surface area contributed by atoms with Gasteiger partial charge in [0.1, 0.15) is 0 Å². The number of piperazine rings is 1. The molecule has 0 aromatic heterocycles. The minimum atomic E-state index is -0.641. The van der Waals surface area contributed by atoms with E-state index in [-0.39, 0.29) is 30.5 Å². The van der Waals surface area contributed by atoms with E-state index < -0.39 is 12.0 Å². The van der Waals surface area contributed by atoms with Crippen LogP contribution in [0.1, 0.15) is 55.2 Å². The average Bonchev–Trinajstić information content (AvgIpc) is 2.95. The van der Waals surface area contributed by atoms with Gasteiger partial charge in [-0.25, -0.2) is 9.59 Å². The molecule has 2 aromatic carbocycles. The maximum atomic E-state index is 13.5. The van der Waals surface area contributed by atoms with E-state index in [2.05, 4.69) is 37.6 Å². The Morgan fingerprint density at radius 2 is 1.68 bits per heavy atom. The van der Waals surface area contributed by atoms with Crippen molar-refractivity contribution in [2.75, 3.05) is 45.9 Å². The lowest BCUT2D eigenvalue weighted by Gasteiger charge is -2.40. The van der Waals surface area contributed by atoms with E-state index in [0.29, 0.717) is 49.6 Å². The third-order valence-corrected chi connectivity index (χ3v) is 7.41. The lowest BCUT2D eigenvalue weighted by atomic mass is 9.85. The number of carbonyl (C=O) groups is 3. The summed E-state index contributed by atoms with van der Waals surface area (Å²) in [5.41, 5.74) is 3.66. The highest BCUT2D eigenvalue weighted by molar-refractivity contribution is 5.95. The molecule has 212 valence electrons. The molecule has 1 unspecified atom stereocenters.